The molecule has 1 unspecified atom stereocenters. The van der Waals surface area contributed by atoms with Gasteiger partial charge >= 0.3 is 0 Å². The normalized spacial score (nSPS) is 18.2. The van der Waals surface area contributed by atoms with Crippen molar-refractivity contribution in [2.24, 2.45) is 5.73 Å². The van der Waals surface area contributed by atoms with E-state index in [2.05, 4.69) is 41.0 Å². The maximum atomic E-state index is 5.75. The van der Waals surface area contributed by atoms with Crippen LogP contribution in [-0.2, 0) is 4.74 Å². The highest BCUT2D eigenvalue weighted by Gasteiger charge is 2.19. The molecule has 4 nitrogen and oxygen atoms in total. The maximum absolute atomic E-state index is 5.75. The van der Waals surface area contributed by atoms with Gasteiger partial charge < -0.3 is 15.4 Å². The third-order valence-electron chi connectivity index (χ3n) is 3.87. The van der Waals surface area contributed by atoms with Crippen molar-refractivity contribution >= 4 is 5.69 Å². The molecule has 1 saturated heterocycles. The molecule has 1 fully saturated rings. The first kappa shape index (κ1) is 15.3. The van der Waals surface area contributed by atoms with E-state index in [1.165, 1.54) is 11.3 Å². The Morgan fingerprint density at radius 2 is 2.00 bits per heavy atom. The molecule has 0 radical (unpaired) electrons. The van der Waals surface area contributed by atoms with E-state index in [4.69, 9.17) is 10.5 Å². The highest BCUT2D eigenvalue weighted by atomic mass is 16.5. The van der Waals surface area contributed by atoms with E-state index in [0.717, 1.165) is 39.3 Å². The van der Waals surface area contributed by atoms with Crippen molar-refractivity contribution in [1.82, 2.24) is 4.90 Å². The van der Waals surface area contributed by atoms with E-state index in [9.17, 15) is 0 Å². The summed E-state index contributed by atoms with van der Waals surface area (Å²) in [4.78, 5) is 4.92. The van der Waals surface area contributed by atoms with Crippen LogP contribution < -0.4 is 10.6 Å². The predicted molar refractivity (Wildman–Crippen MR) is 84.3 cm³/mol. The van der Waals surface area contributed by atoms with Crippen molar-refractivity contribution in [2.45, 2.75) is 20.0 Å². The van der Waals surface area contributed by atoms with Gasteiger partial charge in [0.15, 0.2) is 0 Å². The van der Waals surface area contributed by atoms with Gasteiger partial charge in [-0.25, -0.2) is 0 Å². The van der Waals surface area contributed by atoms with Crippen LogP contribution in [0.1, 0.15) is 12.5 Å². The smallest absolute Gasteiger partial charge is 0.0823 e. The molecule has 2 N–H and O–H groups in total. The lowest BCUT2D eigenvalue weighted by atomic mass is 10.2. The SMILES string of the molecule is CCOC(CN)CN1CCN(c2cccc(C)c2)CC1. The largest absolute Gasteiger partial charge is 0.376 e. The molecule has 1 aliphatic rings. The fourth-order valence-electron chi connectivity index (χ4n) is 2.73. The van der Waals surface area contributed by atoms with Gasteiger partial charge in [-0.15, -0.1) is 0 Å². The Morgan fingerprint density at radius 3 is 2.60 bits per heavy atom. The number of aryl methyl sites for hydroxylation is 1. The second-order valence-electron chi connectivity index (χ2n) is 5.44. The summed E-state index contributed by atoms with van der Waals surface area (Å²) in [5.41, 5.74) is 8.41. The topological polar surface area (TPSA) is 41.7 Å². The van der Waals surface area contributed by atoms with Crippen LogP contribution in [0.4, 0.5) is 5.69 Å². The number of anilines is 1. The summed E-state index contributed by atoms with van der Waals surface area (Å²) < 4.78 is 5.64. The van der Waals surface area contributed by atoms with Crippen LogP contribution in [0.3, 0.4) is 0 Å². The number of piperazine rings is 1. The van der Waals surface area contributed by atoms with E-state index in [-0.39, 0.29) is 6.10 Å². The van der Waals surface area contributed by atoms with Crippen molar-refractivity contribution in [2.75, 3.05) is 50.8 Å². The standard InChI is InChI=1S/C16H27N3O/c1-3-20-16(12-17)13-18-7-9-19(10-8-18)15-6-4-5-14(2)11-15/h4-6,11,16H,3,7-10,12-13,17H2,1-2H3. The first-order valence-electron chi connectivity index (χ1n) is 7.58. The molecular weight excluding hydrogens is 250 g/mol. The molecule has 0 spiro atoms. The summed E-state index contributed by atoms with van der Waals surface area (Å²) >= 11 is 0. The zero-order valence-corrected chi connectivity index (χ0v) is 12.7. The lowest BCUT2D eigenvalue weighted by Gasteiger charge is -2.37. The van der Waals surface area contributed by atoms with Crippen LogP contribution in [0.15, 0.2) is 24.3 Å². The molecule has 1 aromatic carbocycles. The first-order chi connectivity index (χ1) is 9.72. The summed E-state index contributed by atoms with van der Waals surface area (Å²) in [5.74, 6) is 0. The molecule has 4 heteroatoms. The van der Waals surface area contributed by atoms with Gasteiger partial charge in [-0.1, -0.05) is 12.1 Å². The number of hydrogen-bond donors (Lipinski definition) is 1. The molecule has 1 atom stereocenters. The molecule has 0 aromatic heterocycles. The fraction of sp³-hybridized carbons (Fsp3) is 0.625. The van der Waals surface area contributed by atoms with Crippen LogP contribution in [0.25, 0.3) is 0 Å². The molecule has 1 aliphatic heterocycles. The van der Waals surface area contributed by atoms with E-state index in [1.807, 2.05) is 6.92 Å². The number of benzene rings is 1. The molecule has 112 valence electrons. The van der Waals surface area contributed by atoms with Gasteiger partial charge in [0.1, 0.15) is 0 Å². The molecule has 2 rings (SSSR count). The quantitative estimate of drug-likeness (QED) is 0.855. The third kappa shape index (κ3) is 4.20. The number of nitrogens with two attached hydrogens (primary N) is 1. The average molecular weight is 277 g/mol. The highest BCUT2D eigenvalue weighted by Crippen LogP contribution is 2.17. The summed E-state index contributed by atoms with van der Waals surface area (Å²) in [6.45, 7) is 10.8. The van der Waals surface area contributed by atoms with Crippen LogP contribution in [0.2, 0.25) is 0 Å². The van der Waals surface area contributed by atoms with Crippen molar-refractivity contribution in [3.05, 3.63) is 29.8 Å². The first-order valence-corrected chi connectivity index (χ1v) is 7.58. The minimum atomic E-state index is 0.172. The molecule has 1 aromatic rings. The number of ether oxygens (including phenoxy) is 1. The van der Waals surface area contributed by atoms with Gasteiger partial charge in [0, 0.05) is 51.6 Å². The van der Waals surface area contributed by atoms with E-state index >= 15 is 0 Å². The molecule has 0 amide bonds. The zero-order chi connectivity index (χ0) is 14.4. The molecule has 0 bridgehead atoms. The third-order valence-corrected chi connectivity index (χ3v) is 3.87. The summed E-state index contributed by atoms with van der Waals surface area (Å²) in [5, 5.41) is 0. The zero-order valence-electron chi connectivity index (χ0n) is 12.7. The van der Waals surface area contributed by atoms with Gasteiger partial charge in [-0.3, -0.25) is 4.90 Å². The minimum Gasteiger partial charge on any atom is -0.376 e. The lowest BCUT2D eigenvalue weighted by molar-refractivity contribution is 0.0379. The Kier molecular flexibility index (Phi) is 5.83. The summed E-state index contributed by atoms with van der Waals surface area (Å²) in [6.07, 6.45) is 0.172. The van der Waals surface area contributed by atoms with Crippen molar-refractivity contribution in [3.8, 4) is 0 Å². The van der Waals surface area contributed by atoms with Crippen LogP contribution in [0, 0.1) is 6.92 Å². The molecule has 20 heavy (non-hydrogen) atoms. The fourth-order valence-corrected chi connectivity index (χ4v) is 2.73. The van der Waals surface area contributed by atoms with Crippen LogP contribution in [-0.4, -0.2) is 56.9 Å². The highest BCUT2D eigenvalue weighted by molar-refractivity contribution is 5.48. The number of hydrogen-bond acceptors (Lipinski definition) is 4. The van der Waals surface area contributed by atoms with Gasteiger partial charge in [0.05, 0.1) is 6.10 Å². The predicted octanol–water partition coefficient (Wildman–Crippen LogP) is 1.48. The number of rotatable bonds is 6. The molecule has 0 aliphatic carbocycles. The van der Waals surface area contributed by atoms with Crippen molar-refractivity contribution in [3.63, 3.8) is 0 Å². The second kappa shape index (κ2) is 7.62. The molecule has 0 saturated carbocycles. The Balaban J connectivity index is 1.83. The Bertz CT molecular complexity index is 402. The Morgan fingerprint density at radius 1 is 1.25 bits per heavy atom. The van der Waals surface area contributed by atoms with E-state index < -0.39 is 0 Å². The van der Waals surface area contributed by atoms with Gasteiger partial charge in [0.25, 0.3) is 0 Å². The minimum absolute atomic E-state index is 0.172. The summed E-state index contributed by atoms with van der Waals surface area (Å²) in [6, 6.07) is 8.74. The monoisotopic (exact) mass is 277 g/mol. The number of nitrogens with zero attached hydrogens (tertiary/aromatic N) is 2. The van der Waals surface area contributed by atoms with E-state index in [1.54, 1.807) is 0 Å². The average Bonchev–Trinajstić information content (AvgIpc) is 2.47. The molecule has 1 heterocycles. The van der Waals surface area contributed by atoms with Gasteiger partial charge in [-0.05, 0) is 31.5 Å². The van der Waals surface area contributed by atoms with Crippen molar-refractivity contribution in [1.29, 1.82) is 0 Å². The summed E-state index contributed by atoms with van der Waals surface area (Å²) in [7, 11) is 0. The van der Waals surface area contributed by atoms with Crippen molar-refractivity contribution < 1.29 is 4.74 Å². The second-order valence-corrected chi connectivity index (χ2v) is 5.44. The lowest BCUT2D eigenvalue weighted by Crippen LogP contribution is -2.50. The van der Waals surface area contributed by atoms with Gasteiger partial charge in [0.2, 0.25) is 0 Å². The van der Waals surface area contributed by atoms with Crippen LogP contribution >= 0.6 is 0 Å². The maximum Gasteiger partial charge on any atom is 0.0823 e. The van der Waals surface area contributed by atoms with E-state index in [0.29, 0.717) is 6.54 Å². The van der Waals surface area contributed by atoms with Crippen LogP contribution in [0.5, 0.6) is 0 Å². The molecular formula is C16H27N3O. The van der Waals surface area contributed by atoms with Gasteiger partial charge in [-0.2, -0.15) is 0 Å². The Hall–Kier alpha value is -1.10. The Labute approximate surface area is 122 Å².